The van der Waals surface area contributed by atoms with Gasteiger partial charge in [0.2, 0.25) is 5.91 Å². The van der Waals surface area contributed by atoms with Crippen LogP contribution in [0.15, 0.2) is 48.5 Å². The molecule has 0 radical (unpaired) electrons. The van der Waals surface area contributed by atoms with E-state index in [1.165, 1.54) is 4.90 Å². The van der Waals surface area contributed by atoms with E-state index >= 15 is 0 Å². The van der Waals surface area contributed by atoms with E-state index in [9.17, 15) is 19.5 Å². The Morgan fingerprint density at radius 2 is 1.70 bits per heavy atom. The van der Waals surface area contributed by atoms with Gasteiger partial charge in [0.15, 0.2) is 0 Å². The van der Waals surface area contributed by atoms with Gasteiger partial charge >= 0.3 is 12.1 Å². The molecule has 2 aromatic rings. The number of hydrogen-bond donors (Lipinski definition) is 2. The van der Waals surface area contributed by atoms with Crippen LogP contribution in [0.5, 0.6) is 0 Å². The zero-order valence-corrected chi connectivity index (χ0v) is 18.6. The molecule has 1 heterocycles. The second-order valence-corrected chi connectivity index (χ2v) is 9.46. The molecule has 2 aliphatic carbocycles. The quantitative estimate of drug-likeness (QED) is 0.701. The maximum atomic E-state index is 13.3. The third-order valence-electron chi connectivity index (χ3n) is 7.34. The molecule has 0 spiro atoms. The van der Waals surface area contributed by atoms with Crippen LogP contribution in [-0.4, -0.2) is 52.7 Å². The lowest BCUT2D eigenvalue weighted by Crippen LogP contribution is -2.57. The highest BCUT2D eigenvalue weighted by atomic mass is 16.5. The number of nitrogens with zero attached hydrogens (tertiary/aromatic N) is 1. The Morgan fingerprint density at radius 3 is 2.27 bits per heavy atom. The van der Waals surface area contributed by atoms with Gasteiger partial charge < -0.3 is 20.1 Å². The van der Waals surface area contributed by atoms with Crippen molar-refractivity contribution in [3.63, 3.8) is 0 Å². The third kappa shape index (κ3) is 3.75. The number of rotatable bonds is 6. The van der Waals surface area contributed by atoms with Crippen LogP contribution in [0.4, 0.5) is 4.79 Å². The molecule has 7 heteroatoms. The fourth-order valence-electron chi connectivity index (χ4n) is 5.28. The van der Waals surface area contributed by atoms with Crippen molar-refractivity contribution in [2.75, 3.05) is 13.2 Å². The van der Waals surface area contributed by atoms with Gasteiger partial charge in [-0.25, -0.2) is 9.59 Å². The van der Waals surface area contributed by atoms with E-state index in [0.717, 1.165) is 35.1 Å². The lowest BCUT2D eigenvalue weighted by Gasteiger charge is -2.34. The van der Waals surface area contributed by atoms with Gasteiger partial charge in [-0.15, -0.1) is 0 Å². The average Bonchev–Trinajstić information content (AvgIpc) is 3.50. The van der Waals surface area contributed by atoms with E-state index in [0.29, 0.717) is 19.4 Å². The number of carboxylic acid groups (broad SMARTS) is 1. The number of carbonyl (C=O) groups excluding carboxylic acids is 2. The Hall–Kier alpha value is -3.35. The lowest BCUT2D eigenvalue weighted by atomic mass is 9.98. The number of fused-ring (bicyclic) bond motifs is 3. The minimum absolute atomic E-state index is 0.0247. The number of hydrogen-bond acceptors (Lipinski definition) is 4. The first kappa shape index (κ1) is 21.5. The lowest BCUT2D eigenvalue weighted by molar-refractivity contribution is -0.156. The highest BCUT2D eigenvalue weighted by molar-refractivity contribution is 5.92. The van der Waals surface area contributed by atoms with Crippen molar-refractivity contribution in [2.24, 2.45) is 5.92 Å². The monoisotopic (exact) mass is 448 g/mol. The van der Waals surface area contributed by atoms with Gasteiger partial charge in [-0.2, -0.15) is 0 Å². The Labute approximate surface area is 192 Å². The fourth-order valence-corrected chi connectivity index (χ4v) is 5.28. The van der Waals surface area contributed by atoms with Crippen molar-refractivity contribution in [1.82, 2.24) is 10.2 Å². The standard InChI is InChI=1S/C26H28N2O5/c1-26(24(30)31)13-6-14-28(26)23(29)22(16-11-12-16)27-25(32)33-15-21-19-9-4-2-7-17(19)18-8-3-5-10-20(18)21/h2-5,7-10,16,21-22H,6,11-15H2,1H3,(H,27,32)(H,30,31)/t22?,26-/m0/s1. The summed E-state index contributed by atoms with van der Waals surface area (Å²) in [4.78, 5) is 39.3. The molecular formula is C26H28N2O5. The van der Waals surface area contributed by atoms with E-state index in [2.05, 4.69) is 29.6 Å². The zero-order valence-electron chi connectivity index (χ0n) is 18.6. The number of aliphatic carboxylic acids is 1. The number of alkyl carbamates (subject to hydrolysis) is 1. The average molecular weight is 449 g/mol. The van der Waals surface area contributed by atoms with Crippen LogP contribution in [0.2, 0.25) is 0 Å². The highest BCUT2D eigenvalue weighted by Crippen LogP contribution is 2.44. The Kier molecular flexibility index (Phi) is 5.35. The topological polar surface area (TPSA) is 95.9 Å². The minimum atomic E-state index is -1.23. The van der Waals surface area contributed by atoms with Gasteiger partial charge in [0.05, 0.1) is 0 Å². The molecule has 1 saturated carbocycles. The first-order valence-corrected chi connectivity index (χ1v) is 11.6. The van der Waals surface area contributed by atoms with Crippen molar-refractivity contribution in [2.45, 2.75) is 50.1 Å². The number of likely N-dealkylation sites (tertiary alicyclic amines) is 1. The second kappa shape index (κ2) is 8.21. The molecule has 2 N–H and O–H groups in total. The summed E-state index contributed by atoms with van der Waals surface area (Å²) in [5, 5.41) is 12.4. The molecule has 2 amide bonds. The summed E-state index contributed by atoms with van der Waals surface area (Å²) in [6, 6.07) is 15.5. The molecule has 0 bridgehead atoms. The predicted octanol–water partition coefficient (Wildman–Crippen LogP) is 3.77. The van der Waals surface area contributed by atoms with Crippen LogP contribution >= 0.6 is 0 Å². The number of amides is 2. The molecule has 1 aliphatic heterocycles. The van der Waals surface area contributed by atoms with Gasteiger partial charge in [0.25, 0.3) is 0 Å². The first-order chi connectivity index (χ1) is 15.9. The normalized spacial score (nSPS) is 22.4. The third-order valence-corrected chi connectivity index (χ3v) is 7.34. The van der Waals surface area contributed by atoms with Crippen molar-refractivity contribution in [3.05, 3.63) is 59.7 Å². The van der Waals surface area contributed by atoms with Gasteiger partial charge in [-0.3, -0.25) is 4.79 Å². The number of carboxylic acids is 1. The number of ether oxygens (including phenoxy) is 1. The molecule has 7 nitrogen and oxygen atoms in total. The summed E-state index contributed by atoms with van der Waals surface area (Å²) in [5.41, 5.74) is 3.31. The number of nitrogens with one attached hydrogen (secondary N) is 1. The summed E-state index contributed by atoms with van der Waals surface area (Å²) in [5.74, 6) is -1.37. The number of carbonyl (C=O) groups is 3. The summed E-state index contributed by atoms with van der Waals surface area (Å²) in [6.45, 7) is 2.14. The highest BCUT2D eigenvalue weighted by Gasteiger charge is 2.50. The van der Waals surface area contributed by atoms with Gasteiger partial charge in [0, 0.05) is 12.5 Å². The van der Waals surface area contributed by atoms with Crippen molar-refractivity contribution in [1.29, 1.82) is 0 Å². The van der Waals surface area contributed by atoms with Gasteiger partial charge in [-0.05, 0) is 60.8 Å². The van der Waals surface area contributed by atoms with Crippen LogP contribution < -0.4 is 5.32 Å². The summed E-state index contributed by atoms with van der Waals surface area (Å²) in [6.07, 6.45) is 2.07. The SMILES string of the molecule is C[C@@]1(C(=O)O)CCCN1C(=O)C(NC(=O)OCC1c2ccccc2-c2ccccc21)C1CC1. The first-order valence-electron chi connectivity index (χ1n) is 11.6. The van der Waals surface area contributed by atoms with E-state index in [1.54, 1.807) is 6.92 Å². The molecule has 2 atom stereocenters. The molecule has 2 aromatic carbocycles. The van der Waals surface area contributed by atoms with Crippen LogP contribution in [0, 0.1) is 5.92 Å². The number of benzene rings is 2. The van der Waals surface area contributed by atoms with Crippen molar-refractivity contribution < 1.29 is 24.2 Å². The van der Waals surface area contributed by atoms with Crippen molar-refractivity contribution in [3.8, 4) is 11.1 Å². The Balaban J connectivity index is 1.28. The van der Waals surface area contributed by atoms with Crippen LogP contribution in [0.1, 0.15) is 49.7 Å². The van der Waals surface area contributed by atoms with E-state index in [4.69, 9.17) is 4.74 Å². The van der Waals surface area contributed by atoms with E-state index in [-0.39, 0.29) is 24.3 Å². The predicted molar refractivity (Wildman–Crippen MR) is 122 cm³/mol. The van der Waals surface area contributed by atoms with Crippen LogP contribution in [-0.2, 0) is 14.3 Å². The molecule has 5 rings (SSSR count). The zero-order chi connectivity index (χ0) is 23.2. The van der Waals surface area contributed by atoms with Crippen molar-refractivity contribution >= 4 is 18.0 Å². The van der Waals surface area contributed by atoms with Crippen LogP contribution in [0.3, 0.4) is 0 Å². The minimum Gasteiger partial charge on any atom is -0.480 e. The largest absolute Gasteiger partial charge is 0.480 e. The molecule has 1 unspecified atom stereocenters. The molecule has 3 aliphatic rings. The molecular weight excluding hydrogens is 420 g/mol. The van der Waals surface area contributed by atoms with Gasteiger partial charge in [0.1, 0.15) is 18.2 Å². The maximum Gasteiger partial charge on any atom is 0.407 e. The summed E-state index contributed by atoms with van der Waals surface area (Å²) in [7, 11) is 0. The molecule has 172 valence electrons. The van der Waals surface area contributed by atoms with E-state index < -0.39 is 23.6 Å². The van der Waals surface area contributed by atoms with E-state index in [1.807, 2.05) is 24.3 Å². The Bertz CT molecular complexity index is 1070. The smallest absolute Gasteiger partial charge is 0.407 e. The molecule has 0 aromatic heterocycles. The van der Waals surface area contributed by atoms with Gasteiger partial charge in [-0.1, -0.05) is 48.5 Å². The summed E-state index contributed by atoms with van der Waals surface area (Å²) < 4.78 is 5.62. The van der Waals surface area contributed by atoms with Crippen LogP contribution in [0.25, 0.3) is 11.1 Å². The fraction of sp³-hybridized carbons (Fsp3) is 0.423. The molecule has 2 fully saturated rings. The molecule has 33 heavy (non-hydrogen) atoms. The Morgan fingerprint density at radius 1 is 1.09 bits per heavy atom. The molecule has 1 saturated heterocycles. The summed E-state index contributed by atoms with van der Waals surface area (Å²) >= 11 is 0. The second-order valence-electron chi connectivity index (χ2n) is 9.46. The maximum absolute atomic E-state index is 13.3.